The molecule has 0 radical (unpaired) electrons. The van der Waals surface area contributed by atoms with Crippen LogP contribution in [0.2, 0.25) is 0 Å². The first kappa shape index (κ1) is 23.0. The molecule has 0 spiro atoms. The van der Waals surface area contributed by atoms with Crippen LogP contribution in [0, 0.1) is 11.8 Å². The number of para-hydroxylation sites is 2. The van der Waals surface area contributed by atoms with Crippen molar-refractivity contribution >= 4 is 38.1 Å². The predicted molar refractivity (Wildman–Crippen MR) is 134 cm³/mol. The number of sulfonamides is 1. The van der Waals surface area contributed by atoms with Crippen LogP contribution in [-0.2, 0) is 10.0 Å². The second-order valence-electron chi connectivity index (χ2n) is 7.77. The number of pyridine rings is 2. The van der Waals surface area contributed by atoms with E-state index in [9.17, 15) is 13.2 Å². The number of anilines is 2. The lowest BCUT2D eigenvalue weighted by Crippen LogP contribution is -2.15. The Bertz CT molecular complexity index is 1550. The van der Waals surface area contributed by atoms with E-state index >= 15 is 0 Å². The molecule has 0 saturated heterocycles. The number of hydrogen-bond donors (Lipinski definition) is 1. The standard InChI is InChI=1S/C26H22N4O3S/c1-18(31)22-14-12-19(17-28-22)11-13-20-7-4-5-9-23(20)29-34(32,33)25-10-6-8-21-24(30(2)3)15-16-27-26(21)25/h4-10,12,14-17,29H,1-3H3. The Kier molecular flexibility index (Phi) is 6.30. The summed E-state index contributed by atoms with van der Waals surface area (Å²) in [6.45, 7) is 1.45. The molecule has 7 nitrogen and oxygen atoms in total. The molecule has 4 rings (SSSR count). The summed E-state index contributed by atoms with van der Waals surface area (Å²) in [4.78, 5) is 21.8. The van der Waals surface area contributed by atoms with E-state index in [1.54, 1.807) is 48.7 Å². The number of aromatic nitrogens is 2. The summed E-state index contributed by atoms with van der Waals surface area (Å²) in [6.07, 6.45) is 3.11. The van der Waals surface area contributed by atoms with E-state index in [1.807, 2.05) is 31.1 Å². The maximum absolute atomic E-state index is 13.4. The minimum absolute atomic E-state index is 0.0838. The van der Waals surface area contributed by atoms with Crippen molar-refractivity contribution in [2.45, 2.75) is 11.8 Å². The van der Waals surface area contributed by atoms with Crippen LogP contribution in [0.5, 0.6) is 0 Å². The van der Waals surface area contributed by atoms with Gasteiger partial charge in [-0.1, -0.05) is 36.1 Å². The number of benzene rings is 2. The van der Waals surface area contributed by atoms with Gasteiger partial charge in [0.1, 0.15) is 10.6 Å². The Balaban J connectivity index is 1.70. The molecule has 0 unspecified atom stereocenters. The van der Waals surface area contributed by atoms with Gasteiger partial charge in [-0.15, -0.1) is 0 Å². The molecule has 0 fully saturated rings. The largest absolute Gasteiger partial charge is 0.377 e. The number of nitrogens with one attached hydrogen (secondary N) is 1. The van der Waals surface area contributed by atoms with Gasteiger partial charge in [-0.3, -0.25) is 19.5 Å². The average molecular weight is 471 g/mol. The molecule has 2 heterocycles. The average Bonchev–Trinajstić information content (AvgIpc) is 2.82. The number of fused-ring (bicyclic) bond motifs is 1. The summed E-state index contributed by atoms with van der Waals surface area (Å²) >= 11 is 0. The van der Waals surface area contributed by atoms with E-state index in [4.69, 9.17) is 0 Å². The summed E-state index contributed by atoms with van der Waals surface area (Å²) in [5.41, 5.74) is 3.09. The third kappa shape index (κ3) is 4.75. The van der Waals surface area contributed by atoms with Gasteiger partial charge >= 0.3 is 0 Å². The molecule has 8 heteroatoms. The monoisotopic (exact) mass is 470 g/mol. The molecule has 2 aromatic heterocycles. The van der Waals surface area contributed by atoms with Crippen LogP contribution in [0.15, 0.2) is 78.0 Å². The van der Waals surface area contributed by atoms with Crippen molar-refractivity contribution in [3.8, 4) is 11.8 Å². The number of carbonyl (C=O) groups excluding carboxylic acids is 1. The fourth-order valence-corrected chi connectivity index (χ4v) is 4.69. The van der Waals surface area contributed by atoms with Crippen LogP contribution in [0.1, 0.15) is 28.5 Å². The van der Waals surface area contributed by atoms with Crippen molar-refractivity contribution in [1.29, 1.82) is 0 Å². The molecule has 170 valence electrons. The zero-order valence-electron chi connectivity index (χ0n) is 18.9. The first-order valence-corrected chi connectivity index (χ1v) is 11.9. The van der Waals surface area contributed by atoms with Crippen molar-refractivity contribution in [2.24, 2.45) is 0 Å². The van der Waals surface area contributed by atoms with Gasteiger partial charge in [-0.25, -0.2) is 8.42 Å². The number of ketones is 1. The summed E-state index contributed by atoms with van der Waals surface area (Å²) in [5.74, 6) is 5.83. The van der Waals surface area contributed by atoms with Crippen molar-refractivity contribution in [1.82, 2.24) is 9.97 Å². The molecule has 0 bridgehead atoms. The zero-order valence-corrected chi connectivity index (χ0v) is 19.7. The molecule has 0 aliphatic heterocycles. The fraction of sp³-hybridized carbons (Fsp3) is 0.115. The number of Topliss-reactive ketones (excluding diaryl/α,β-unsaturated/α-hetero) is 1. The summed E-state index contributed by atoms with van der Waals surface area (Å²) < 4.78 is 29.4. The lowest BCUT2D eigenvalue weighted by molar-refractivity contribution is 0.101. The smallest absolute Gasteiger partial charge is 0.264 e. The molecule has 0 amide bonds. The van der Waals surface area contributed by atoms with E-state index in [2.05, 4.69) is 26.5 Å². The van der Waals surface area contributed by atoms with Crippen molar-refractivity contribution < 1.29 is 13.2 Å². The van der Waals surface area contributed by atoms with Crippen molar-refractivity contribution in [3.05, 3.63) is 89.9 Å². The molecule has 0 aliphatic rings. The Hall–Kier alpha value is -4.22. The number of nitrogens with zero attached hydrogens (tertiary/aromatic N) is 3. The Morgan fingerprint density at radius 3 is 2.44 bits per heavy atom. The molecule has 34 heavy (non-hydrogen) atoms. The van der Waals surface area contributed by atoms with Gasteiger partial charge in [-0.2, -0.15) is 0 Å². The summed E-state index contributed by atoms with van der Waals surface area (Å²) in [5, 5.41) is 0.741. The SMILES string of the molecule is CC(=O)c1ccc(C#Cc2ccccc2NS(=O)(=O)c2cccc3c(N(C)C)ccnc23)cn1. The van der Waals surface area contributed by atoms with Crippen LogP contribution in [0.25, 0.3) is 10.9 Å². The lowest BCUT2D eigenvalue weighted by Gasteiger charge is -2.16. The Morgan fingerprint density at radius 2 is 1.74 bits per heavy atom. The van der Waals surface area contributed by atoms with Gasteiger partial charge < -0.3 is 4.90 Å². The molecular formula is C26H22N4O3S. The molecular weight excluding hydrogens is 448 g/mol. The van der Waals surface area contributed by atoms with Gasteiger partial charge in [0.05, 0.1) is 11.2 Å². The first-order valence-electron chi connectivity index (χ1n) is 10.4. The summed E-state index contributed by atoms with van der Waals surface area (Å²) in [7, 11) is -0.161. The molecule has 2 aromatic carbocycles. The van der Waals surface area contributed by atoms with Gasteiger partial charge in [0.15, 0.2) is 5.78 Å². The van der Waals surface area contributed by atoms with Gasteiger partial charge in [0.25, 0.3) is 10.0 Å². The van der Waals surface area contributed by atoms with Crippen LogP contribution in [-0.4, -0.2) is 38.3 Å². The maximum atomic E-state index is 13.4. The molecule has 4 aromatic rings. The number of rotatable bonds is 5. The van der Waals surface area contributed by atoms with E-state index < -0.39 is 10.0 Å². The quantitative estimate of drug-likeness (QED) is 0.349. The molecule has 0 saturated carbocycles. The van der Waals surface area contributed by atoms with Crippen LogP contribution in [0.4, 0.5) is 11.4 Å². The third-order valence-corrected chi connectivity index (χ3v) is 6.52. The highest BCUT2D eigenvalue weighted by Crippen LogP contribution is 2.29. The van der Waals surface area contributed by atoms with Crippen molar-refractivity contribution in [3.63, 3.8) is 0 Å². The number of hydrogen-bond acceptors (Lipinski definition) is 6. The summed E-state index contributed by atoms with van der Waals surface area (Å²) in [6, 6.07) is 17.1. The first-order chi connectivity index (χ1) is 16.3. The van der Waals surface area contributed by atoms with Crippen LogP contribution < -0.4 is 9.62 Å². The van der Waals surface area contributed by atoms with Gasteiger partial charge in [-0.05, 0) is 36.4 Å². The highest BCUT2D eigenvalue weighted by Gasteiger charge is 2.20. The maximum Gasteiger partial charge on any atom is 0.264 e. The molecule has 0 aliphatic carbocycles. The highest BCUT2D eigenvalue weighted by atomic mass is 32.2. The van der Waals surface area contributed by atoms with Gasteiger partial charge in [0.2, 0.25) is 0 Å². The topological polar surface area (TPSA) is 92.3 Å². The second-order valence-corrected chi connectivity index (χ2v) is 9.42. The van der Waals surface area contributed by atoms with Crippen molar-refractivity contribution in [2.75, 3.05) is 23.7 Å². The highest BCUT2D eigenvalue weighted by molar-refractivity contribution is 7.93. The minimum Gasteiger partial charge on any atom is -0.377 e. The second kappa shape index (κ2) is 9.33. The predicted octanol–water partition coefficient (Wildman–Crippen LogP) is 4.10. The van der Waals surface area contributed by atoms with Gasteiger partial charge in [0, 0.05) is 55.6 Å². The Labute approximate surface area is 198 Å². The normalized spacial score (nSPS) is 10.9. The molecule has 1 N–H and O–H groups in total. The van der Waals surface area contributed by atoms with E-state index in [0.29, 0.717) is 28.0 Å². The fourth-order valence-electron chi connectivity index (χ4n) is 3.44. The third-order valence-electron chi connectivity index (χ3n) is 5.12. The van der Waals surface area contributed by atoms with E-state index in [1.165, 1.54) is 19.2 Å². The van der Waals surface area contributed by atoms with Crippen LogP contribution >= 0.6 is 0 Å². The minimum atomic E-state index is -3.95. The zero-order chi connectivity index (χ0) is 24.3. The molecule has 0 atom stereocenters. The lowest BCUT2D eigenvalue weighted by atomic mass is 10.1. The van der Waals surface area contributed by atoms with E-state index in [0.717, 1.165) is 11.1 Å². The number of carbonyl (C=O) groups is 1. The van der Waals surface area contributed by atoms with Crippen LogP contribution in [0.3, 0.4) is 0 Å². The van der Waals surface area contributed by atoms with E-state index in [-0.39, 0.29) is 10.7 Å². The Morgan fingerprint density at radius 1 is 0.941 bits per heavy atom.